The summed E-state index contributed by atoms with van der Waals surface area (Å²) in [5, 5.41) is 0. The van der Waals surface area contributed by atoms with Crippen LogP contribution in [0.3, 0.4) is 0 Å². The van der Waals surface area contributed by atoms with E-state index in [1.807, 2.05) is 0 Å². The van der Waals surface area contributed by atoms with Crippen LogP contribution in [0.25, 0.3) is 0 Å². The van der Waals surface area contributed by atoms with Crippen molar-refractivity contribution in [3.8, 4) is 0 Å². The molecule has 1 aromatic rings. The lowest BCUT2D eigenvalue weighted by Crippen LogP contribution is -2.04. The third-order valence-electron chi connectivity index (χ3n) is 2.43. The van der Waals surface area contributed by atoms with Gasteiger partial charge in [-0.15, -0.1) is 0 Å². The van der Waals surface area contributed by atoms with Gasteiger partial charge >= 0.3 is 0 Å². The predicted molar refractivity (Wildman–Crippen MR) is 117 cm³/mol. The minimum atomic E-state index is 0.815. The van der Waals surface area contributed by atoms with E-state index in [-0.39, 0.29) is 0 Å². The highest BCUT2D eigenvalue weighted by Gasteiger charge is 2.16. The minimum Gasteiger partial charge on any atom is -0.330 e. The van der Waals surface area contributed by atoms with Crippen LogP contribution in [0.2, 0.25) is 0 Å². The Balaban J connectivity index is 2.92. The lowest BCUT2D eigenvalue weighted by molar-refractivity contribution is 0.684. The zero-order valence-electron chi connectivity index (χ0n) is 9.00. The van der Waals surface area contributed by atoms with Crippen LogP contribution in [0, 0.1) is 17.9 Å². The first kappa shape index (κ1) is 17.9. The fourth-order valence-corrected chi connectivity index (χ4v) is 6.90. The molecule has 0 aliphatic heterocycles. The van der Waals surface area contributed by atoms with Crippen LogP contribution in [-0.2, 0) is 6.42 Å². The number of halogens is 5. The van der Waals surface area contributed by atoms with Gasteiger partial charge in [0.15, 0.2) is 0 Å². The van der Waals surface area contributed by atoms with Crippen molar-refractivity contribution in [3.63, 3.8) is 0 Å². The molecule has 0 amide bonds. The Morgan fingerprint density at radius 2 is 1.12 bits per heavy atom. The second-order valence-corrected chi connectivity index (χ2v) is 9.04. The predicted octanol–water partition coefficient (Wildman–Crippen LogP) is 5.38. The number of hydrogen-bond donors (Lipinski definition) is 1. The van der Waals surface area contributed by atoms with E-state index in [0.717, 1.165) is 13.0 Å². The second-order valence-electron chi connectivity index (χ2n) is 3.65. The summed E-state index contributed by atoms with van der Waals surface area (Å²) >= 11 is 12.3. The van der Waals surface area contributed by atoms with Crippen molar-refractivity contribution in [1.82, 2.24) is 0 Å². The fraction of sp³-hybridized carbons (Fsp3) is 0.455. The van der Waals surface area contributed by atoms with Crippen molar-refractivity contribution in [2.75, 3.05) is 6.54 Å². The summed E-state index contributed by atoms with van der Waals surface area (Å²) in [7, 11) is 0. The first-order valence-electron chi connectivity index (χ1n) is 5.21. The molecule has 0 bridgehead atoms. The van der Waals surface area contributed by atoms with Gasteiger partial charge in [-0.05, 0) is 144 Å². The Hall–Kier alpha value is 2.83. The zero-order valence-corrected chi connectivity index (χ0v) is 19.8. The lowest BCUT2D eigenvalue weighted by Gasteiger charge is -2.13. The third kappa shape index (κ3) is 4.95. The molecule has 0 saturated carbocycles. The van der Waals surface area contributed by atoms with E-state index in [1.54, 1.807) is 0 Å². The van der Waals surface area contributed by atoms with Gasteiger partial charge in [-0.2, -0.15) is 0 Å². The summed E-state index contributed by atoms with van der Waals surface area (Å²) in [6, 6.07) is 0. The van der Waals surface area contributed by atoms with Gasteiger partial charge in [0.05, 0.1) is 0 Å². The molecule has 0 radical (unpaired) electrons. The molecule has 1 aromatic carbocycles. The Morgan fingerprint density at radius 1 is 0.647 bits per heavy atom. The molecular weight excluding hydrogens is 781 g/mol. The summed E-state index contributed by atoms with van der Waals surface area (Å²) < 4.78 is 7.07. The largest absolute Gasteiger partial charge is 0.330 e. The molecule has 0 aliphatic carbocycles. The SMILES string of the molecule is NCCCCCc1c(I)c(I)c(I)c(I)c1I. The molecule has 17 heavy (non-hydrogen) atoms. The normalized spacial score (nSPS) is 10.9. The smallest absolute Gasteiger partial charge is 0.0419 e. The van der Waals surface area contributed by atoms with Gasteiger partial charge in [0.25, 0.3) is 0 Å². The maximum atomic E-state index is 5.53. The summed E-state index contributed by atoms with van der Waals surface area (Å²) in [5.41, 5.74) is 7.05. The number of hydrogen-bond acceptors (Lipinski definition) is 1. The van der Waals surface area contributed by atoms with Gasteiger partial charge in [-0.3, -0.25) is 0 Å². The number of benzene rings is 1. The van der Waals surface area contributed by atoms with E-state index in [0.29, 0.717) is 0 Å². The van der Waals surface area contributed by atoms with Crippen molar-refractivity contribution in [1.29, 1.82) is 0 Å². The van der Waals surface area contributed by atoms with E-state index in [4.69, 9.17) is 5.73 Å². The second kappa shape index (κ2) is 8.97. The van der Waals surface area contributed by atoms with Crippen molar-refractivity contribution in [2.24, 2.45) is 5.73 Å². The van der Waals surface area contributed by atoms with Gasteiger partial charge < -0.3 is 5.73 Å². The molecule has 0 atom stereocenters. The van der Waals surface area contributed by atoms with Crippen molar-refractivity contribution < 1.29 is 0 Å². The Morgan fingerprint density at radius 3 is 1.59 bits per heavy atom. The molecule has 1 nitrogen and oxygen atoms in total. The number of rotatable bonds is 5. The Bertz CT molecular complexity index is 376. The Kier molecular flexibility index (Phi) is 9.44. The van der Waals surface area contributed by atoms with Gasteiger partial charge in [0.2, 0.25) is 0 Å². The van der Waals surface area contributed by atoms with Gasteiger partial charge in [-0.25, -0.2) is 0 Å². The summed E-state index contributed by atoms with van der Waals surface area (Å²) in [6.45, 7) is 0.815. The first-order chi connectivity index (χ1) is 8.00. The van der Waals surface area contributed by atoms with Crippen LogP contribution in [0.4, 0.5) is 0 Å². The number of nitrogens with two attached hydrogens (primary N) is 1. The first-order valence-corrected chi connectivity index (χ1v) is 10.6. The maximum Gasteiger partial charge on any atom is 0.0419 e. The highest BCUT2D eigenvalue weighted by molar-refractivity contribution is 14.1. The molecule has 0 saturated heterocycles. The van der Waals surface area contributed by atoms with Crippen LogP contribution in [0.15, 0.2) is 0 Å². The van der Waals surface area contributed by atoms with Crippen LogP contribution in [0.5, 0.6) is 0 Å². The molecule has 0 aromatic heterocycles. The van der Waals surface area contributed by atoms with E-state index < -0.39 is 0 Å². The monoisotopic (exact) mass is 793 g/mol. The van der Waals surface area contributed by atoms with E-state index in [2.05, 4.69) is 113 Å². The fourth-order valence-electron chi connectivity index (χ4n) is 1.49. The zero-order chi connectivity index (χ0) is 13.0. The summed E-state index contributed by atoms with van der Waals surface area (Å²) in [6.07, 6.45) is 4.81. The molecule has 0 fully saturated rings. The van der Waals surface area contributed by atoms with Crippen molar-refractivity contribution >= 4 is 113 Å². The van der Waals surface area contributed by atoms with E-state index in [9.17, 15) is 0 Å². The maximum absolute atomic E-state index is 5.53. The van der Waals surface area contributed by atoms with Crippen LogP contribution in [0.1, 0.15) is 24.8 Å². The van der Waals surface area contributed by atoms with E-state index >= 15 is 0 Å². The third-order valence-corrected chi connectivity index (χ3v) is 12.2. The molecule has 2 N–H and O–H groups in total. The minimum absolute atomic E-state index is 0.815. The van der Waals surface area contributed by atoms with Crippen molar-refractivity contribution in [2.45, 2.75) is 25.7 Å². The van der Waals surface area contributed by atoms with Crippen LogP contribution >= 0.6 is 113 Å². The molecule has 96 valence electrons. The summed E-state index contributed by atoms with van der Waals surface area (Å²) in [5.74, 6) is 0. The average Bonchev–Trinajstić information content (AvgIpc) is 2.33. The lowest BCUT2D eigenvalue weighted by atomic mass is 10.1. The molecule has 0 spiro atoms. The quantitative estimate of drug-likeness (QED) is 0.185. The highest BCUT2D eigenvalue weighted by atomic mass is 127. The Labute approximate surface area is 171 Å². The standard InChI is InChI=1S/C11H12I5N/c12-7-6(4-2-1-3-5-17)8(13)10(15)11(16)9(7)14/h1-5,17H2. The van der Waals surface area contributed by atoms with Crippen LogP contribution < -0.4 is 5.73 Å². The van der Waals surface area contributed by atoms with Gasteiger partial charge in [-0.1, -0.05) is 6.42 Å². The van der Waals surface area contributed by atoms with E-state index in [1.165, 1.54) is 42.7 Å². The van der Waals surface area contributed by atoms with Crippen molar-refractivity contribution in [3.05, 3.63) is 23.4 Å². The highest BCUT2D eigenvalue weighted by Crippen LogP contribution is 2.34. The summed E-state index contributed by atoms with van der Waals surface area (Å²) in [4.78, 5) is 0. The van der Waals surface area contributed by atoms with Crippen LogP contribution in [-0.4, -0.2) is 6.54 Å². The molecule has 0 aliphatic rings. The topological polar surface area (TPSA) is 26.0 Å². The molecule has 1 rings (SSSR count). The average molecular weight is 793 g/mol. The van der Waals surface area contributed by atoms with Gasteiger partial charge in [0.1, 0.15) is 0 Å². The molecule has 6 heteroatoms. The molecular formula is C11H12I5N. The molecule has 0 heterocycles. The molecule has 0 unspecified atom stereocenters. The van der Waals surface area contributed by atoms with Gasteiger partial charge in [0, 0.05) is 17.9 Å². The number of unbranched alkanes of at least 4 members (excludes halogenated alkanes) is 2.